The number of para-hydroxylation sites is 1. The lowest BCUT2D eigenvalue weighted by Gasteiger charge is -2.34. The third-order valence-corrected chi connectivity index (χ3v) is 4.67. The summed E-state index contributed by atoms with van der Waals surface area (Å²) in [6.07, 6.45) is 0.160. The second kappa shape index (κ2) is 5.31. The summed E-state index contributed by atoms with van der Waals surface area (Å²) < 4.78 is 40.5. The summed E-state index contributed by atoms with van der Waals surface area (Å²) in [5, 5.41) is 2.77. The number of carbonyl (C=O) groups excluding carboxylic acids is 1. The molecule has 0 aromatic heterocycles. The molecule has 0 aliphatic carbocycles. The number of halogens is 3. The molecule has 0 bridgehead atoms. The quantitative estimate of drug-likeness (QED) is 0.826. The largest absolute Gasteiger partial charge is 0.416 e. The van der Waals surface area contributed by atoms with Crippen molar-refractivity contribution in [2.45, 2.75) is 17.6 Å². The molecule has 2 unspecified atom stereocenters. The lowest BCUT2D eigenvalue weighted by atomic mass is 9.70. The first-order valence-electron chi connectivity index (χ1n) is 7.72. The van der Waals surface area contributed by atoms with Crippen LogP contribution in [0.5, 0.6) is 0 Å². The Hall–Kier alpha value is -2.89. The highest BCUT2D eigenvalue weighted by molar-refractivity contribution is 6.09. The summed E-state index contributed by atoms with van der Waals surface area (Å²) in [5.74, 6) is -0.372. The van der Waals surface area contributed by atoms with Crippen molar-refractivity contribution in [2.75, 3.05) is 5.32 Å². The third-order valence-electron chi connectivity index (χ3n) is 4.67. The summed E-state index contributed by atoms with van der Waals surface area (Å²) in [6, 6.07) is 11.3. The van der Waals surface area contributed by atoms with Crippen molar-refractivity contribution in [3.63, 3.8) is 0 Å². The first-order chi connectivity index (χ1) is 11.9. The maximum atomic E-state index is 13.5. The van der Waals surface area contributed by atoms with Crippen molar-refractivity contribution in [1.29, 1.82) is 0 Å². The maximum Gasteiger partial charge on any atom is 0.416 e. The van der Waals surface area contributed by atoms with Crippen LogP contribution in [0.1, 0.15) is 22.7 Å². The van der Waals surface area contributed by atoms with Gasteiger partial charge in [-0.1, -0.05) is 42.5 Å². The molecule has 2 heterocycles. The van der Waals surface area contributed by atoms with Crippen molar-refractivity contribution >= 4 is 17.8 Å². The molecule has 1 spiro atoms. The van der Waals surface area contributed by atoms with Gasteiger partial charge >= 0.3 is 6.18 Å². The van der Waals surface area contributed by atoms with Crippen LogP contribution in [0.3, 0.4) is 0 Å². The Labute approximate surface area is 141 Å². The van der Waals surface area contributed by atoms with Crippen LogP contribution in [-0.4, -0.2) is 12.1 Å². The van der Waals surface area contributed by atoms with E-state index in [1.807, 2.05) is 0 Å². The third kappa shape index (κ3) is 2.21. The number of benzene rings is 2. The van der Waals surface area contributed by atoms with E-state index < -0.39 is 23.2 Å². The van der Waals surface area contributed by atoms with Crippen LogP contribution < -0.4 is 5.32 Å². The van der Waals surface area contributed by atoms with Crippen LogP contribution in [0.2, 0.25) is 0 Å². The fourth-order valence-corrected chi connectivity index (χ4v) is 3.60. The number of hydrogen-bond acceptors (Lipinski definition) is 2. The van der Waals surface area contributed by atoms with E-state index in [0.29, 0.717) is 11.3 Å². The van der Waals surface area contributed by atoms with Gasteiger partial charge < -0.3 is 5.32 Å². The minimum atomic E-state index is -4.52. The molecular formula is C19H13F3N2O. The van der Waals surface area contributed by atoms with Crippen LogP contribution in [0.15, 0.2) is 65.7 Å². The molecule has 2 aromatic rings. The zero-order valence-electron chi connectivity index (χ0n) is 12.9. The number of allylic oxidation sites excluding steroid dienone is 1. The van der Waals surface area contributed by atoms with Gasteiger partial charge in [0.05, 0.1) is 11.6 Å². The first kappa shape index (κ1) is 15.6. The minimum absolute atomic E-state index is 0.0116. The van der Waals surface area contributed by atoms with E-state index in [1.165, 1.54) is 24.4 Å². The number of aliphatic imine (C=N–C) groups is 1. The smallest absolute Gasteiger partial charge is 0.325 e. The Morgan fingerprint density at radius 2 is 1.76 bits per heavy atom. The lowest BCUT2D eigenvalue weighted by Crippen LogP contribution is -2.40. The number of hydrogen-bond donors (Lipinski definition) is 1. The normalized spacial score (nSPS) is 24.4. The number of carbonyl (C=O) groups is 1. The Morgan fingerprint density at radius 1 is 1.04 bits per heavy atom. The number of alkyl halides is 3. The number of anilines is 1. The van der Waals surface area contributed by atoms with Crippen LogP contribution in [0.25, 0.3) is 0 Å². The molecule has 2 aliphatic heterocycles. The van der Waals surface area contributed by atoms with Gasteiger partial charge in [0.2, 0.25) is 5.91 Å². The highest BCUT2D eigenvalue weighted by atomic mass is 19.4. The average Bonchev–Trinajstić information content (AvgIpc) is 2.87. The zero-order chi connectivity index (χ0) is 17.7. The molecule has 126 valence electrons. The van der Waals surface area contributed by atoms with Crippen LogP contribution in [0.4, 0.5) is 18.9 Å². The van der Waals surface area contributed by atoms with Gasteiger partial charge in [0.1, 0.15) is 5.41 Å². The SMILES string of the molecule is O=C1Nc2ccccc2C12C=CC=NC2c1ccccc1C(F)(F)F. The Kier molecular flexibility index (Phi) is 3.32. The molecule has 0 saturated heterocycles. The second-order valence-electron chi connectivity index (χ2n) is 6.01. The molecule has 0 saturated carbocycles. The number of nitrogens with one attached hydrogen (secondary N) is 1. The predicted molar refractivity (Wildman–Crippen MR) is 88.6 cm³/mol. The van der Waals surface area contributed by atoms with Crippen molar-refractivity contribution < 1.29 is 18.0 Å². The van der Waals surface area contributed by atoms with Crippen molar-refractivity contribution in [3.05, 3.63) is 77.4 Å². The van der Waals surface area contributed by atoms with E-state index in [0.717, 1.165) is 6.07 Å². The number of dihydropyridines is 1. The molecule has 0 radical (unpaired) electrons. The van der Waals surface area contributed by atoms with Crippen molar-refractivity contribution in [3.8, 4) is 0 Å². The maximum absolute atomic E-state index is 13.5. The molecule has 3 nitrogen and oxygen atoms in total. The summed E-state index contributed by atoms with van der Waals surface area (Å²) in [5.41, 5.74) is -0.836. The van der Waals surface area contributed by atoms with Gasteiger partial charge in [-0.15, -0.1) is 0 Å². The first-order valence-corrected chi connectivity index (χ1v) is 7.72. The van der Waals surface area contributed by atoms with Gasteiger partial charge in [0.15, 0.2) is 0 Å². The van der Waals surface area contributed by atoms with Crippen LogP contribution >= 0.6 is 0 Å². The number of rotatable bonds is 1. The number of nitrogens with zero attached hydrogens (tertiary/aromatic N) is 1. The molecule has 1 amide bonds. The molecular weight excluding hydrogens is 329 g/mol. The van der Waals surface area contributed by atoms with E-state index in [1.54, 1.807) is 36.4 Å². The van der Waals surface area contributed by atoms with E-state index in [-0.39, 0.29) is 11.5 Å². The Bertz CT molecular complexity index is 917. The van der Waals surface area contributed by atoms with Gasteiger partial charge in [-0.2, -0.15) is 13.2 Å². The molecule has 1 N–H and O–H groups in total. The van der Waals surface area contributed by atoms with Crippen molar-refractivity contribution in [1.82, 2.24) is 0 Å². The topological polar surface area (TPSA) is 41.5 Å². The molecule has 0 fully saturated rings. The second-order valence-corrected chi connectivity index (χ2v) is 6.01. The molecule has 2 aliphatic rings. The monoisotopic (exact) mass is 342 g/mol. The van der Waals surface area contributed by atoms with Crippen LogP contribution in [-0.2, 0) is 16.4 Å². The van der Waals surface area contributed by atoms with E-state index >= 15 is 0 Å². The summed E-state index contributed by atoms with van der Waals surface area (Å²) in [6.45, 7) is 0. The number of fused-ring (bicyclic) bond motifs is 2. The van der Waals surface area contributed by atoms with Gasteiger partial charge in [-0.05, 0) is 29.3 Å². The Balaban J connectivity index is 1.96. The van der Waals surface area contributed by atoms with Gasteiger partial charge in [0.25, 0.3) is 0 Å². The molecule has 6 heteroatoms. The lowest BCUT2D eigenvalue weighted by molar-refractivity contribution is -0.138. The summed E-state index contributed by atoms with van der Waals surface area (Å²) in [4.78, 5) is 17.1. The highest BCUT2D eigenvalue weighted by Gasteiger charge is 2.53. The summed E-state index contributed by atoms with van der Waals surface area (Å²) >= 11 is 0. The highest BCUT2D eigenvalue weighted by Crippen LogP contribution is 2.51. The van der Waals surface area contributed by atoms with Crippen LogP contribution in [0, 0.1) is 0 Å². The fourth-order valence-electron chi connectivity index (χ4n) is 3.60. The van der Waals surface area contributed by atoms with Crippen molar-refractivity contribution in [2.24, 2.45) is 4.99 Å². The van der Waals surface area contributed by atoms with Gasteiger partial charge in [-0.3, -0.25) is 9.79 Å². The van der Waals surface area contributed by atoms with Gasteiger partial charge in [-0.25, -0.2) is 0 Å². The molecule has 2 aromatic carbocycles. The van der Waals surface area contributed by atoms with E-state index in [9.17, 15) is 18.0 Å². The van der Waals surface area contributed by atoms with Gasteiger partial charge in [0, 0.05) is 11.9 Å². The average molecular weight is 342 g/mol. The predicted octanol–water partition coefficient (Wildman–Crippen LogP) is 4.28. The fraction of sp³-hybridized carbons (Fsp3) is 0.158. The molecule has 25 heavy (non-hydrogen) atoms. The Morgan fingerprint density at radius 3 is 2.56 bits per heavy atom. The minimum Gasteiger partial charge on any atom is -0.325 e. The molecule has 4 rings (SSSR count). The number of amides is 1. The van der Waals surface area contributed by atoms with E-state index in [4.69, 9.17) is 0 Å². The summed E-state index contributed by atoms with van der Waals surface area (Å²) in [7, 11) is 0. The van der Waals surface area contributed by atoms with E-state index in [2.05, 4.69) is 10.3 Å². The molecule has 2 atom stereocenters. The zero-order valence-corrected chi connectivity index (χ0v) is 12.9. The standard InChI is InChI=1S/C19H13F3N2O/c20-19(21,22)13-7-2-1-6-12(13)16-18(10-5-11-23-16)14-8-3-4-9-15(14)24-17(18)25/h1-11,16H,(H,24,25).